The Morgan fingerprint density at radius 2 is 2.11 bits per heavy atom. The van der Waals surface area contributed by atoms with Crippen LogP contribution in [0, 0.1) is 6.92 Å². The first-order chi connectivity index (χ1) is 9.02. The van der Waals surface area contributed by atoms with Gasteiger partial charge in [-0.05, 0) is 19.9 Å². The van der Waals surface area contributed by atoms with Gasteiger partial charge in [-0.3, -0.25) is 0 Å². The van der Waals surface area contributed by atoms with Crippen LogP contribution in [-0.4, -0.2) is 48.7 Å². The molecule has 0 saturated carbocycles. The van der Waals surface area contributed by atoms with Gasteiger partial charge in [-0.1, -0.05) is 13.8 Å². The van der Waals surface area contributed by atoms with Crippen molar-refractivity contribution in [1.82, 2.24) is 14.9 Å². The molecule has 1 atom stereocenters. The predicted molar refractivity (Wildman–Crippen MR) is 76.6 cm³/mol. The van der Waals surface area contributed by atoms with Crippen LogP contribution in [0.2, 0.25) is 0 Å². The fourth-order valence-electron chi connectivity index (χ4n) is 2.56. The van der Waals surface area contributed by atoms with Crippen LogP contribution >= 0.6 is 0 Å². The lowest BCUT2D eigenvalue weighted by atomic mass is 10.0. The van der Waals surface area contributed by atoms with Crippen molar-refractivity contribution in [2.75, 3.05) is 39.1 Å². The standard InChI is InChI=1S/C14H24N4O/c1-9(2)12-10(3)16-13(17-14(12)15-4)11-8-18(5)6-7-19-11/h9,11H,6-8H2,1-5H3,(H,15,16,17). The van der Waals surface area contributed by atoms with Crippen LogP contribution in [0.3, 0.4) is 0 Å². The van der Waals surface area contributed by atoms with Crippen LogP contribution in [0.4, 0.5) is 5.82 Å². The number of aromatic nitrogens is 2. The highest BCUT2D eigenvalue weighted by atomic mass is 16.5. The number of hydrogen-bond acceptors (Lipinski definition) is 5. The van der Waals surface area contributed by atoms with E-state index in [-0.39, 0.29) is 6.10 Å². The summed E-state index contributed by atoms with van der Waals surface area (Å²) in [5, 5.41) is 3.19. The number of anilines is 1. The van der Waals surface area contributed by atoms with Crippen molar-refractivity contribution >= 4 is 5.82 Å². The molecule has 1 saturated heterocycles. The third-order valence-corrected chi connectivity index (χ3v) is 3.53. The lowest BCUT2D eigenvalue weighted by Crippen LogP contribution is -2.36. The second-order valence-electron chi connectivity index (χ2n) is 5.46. The molecule has 1 unspecified atom stereocenters. The summed E-state index contributed by atoms with van der Waals surface area (Å²) < 4.78 is 5.79. The average Bonchev–Trinajstić information content (AvgIpc) is 2.37. The molecule has 0 radical (unpaired) electrons. The highest BCUT2D eigenvalue weighted by Crippen LogP contribution is 2.28. The summed E-state index contributed by atoms with van der Waals surface area (Å²) in [6.45, 7) is 8.94. The second kappa shape index (κ2) is 5.84. The Labute approximate surface area is 115 Å². The van der Waals surface area contributed by atoms with Gasteiger partial charge in [-0.25, -0.2) is 9.97 Å². The van der Waals surface area contributed by atoms with Crippen LogP contribution in [0.15, 0.2) is 0 Å². The van der Waals surface area contributed by atoms with Crippen LogP contribution in [0.25, 0.3) is 0 Å². The zero-order valence-corrected chi connectivity index (χ0v) is 12.5. The van der Waals surface area contributed by atoms with Crippen molar-refractivity contribution in [3.8, 4) is 0 Å². The van der Waals surface area contributed by atoms with Crippen molar-refractivity contribution in [2.24, 2.45) is 0 Å². The molecule has 0 aliphatic carbocycles. The molecule has 2 heterocycles. The van der Waals surface area contributed by atoms with Gasteiger partial charge in [0.25, 0.3) is 0 Å². The highest BCUT2D eigenvalue weighted by molar-refractivity contribution is 5.48. The monoisotopic (exact) mass is 264 g/mol. The lowest BCUT2D eigenvalue weighted by molar-refractivity contribution is -0.0255. The van der Waals surface area contributed by atoms with Crippen LogP contribution in [0.1, 0.15) is 43.0 Å². The van der Waals surface area contributed by atoms with Gasteiger partial charge in [0.1, 0.15) is 11.9 Å². The first-order valence-electron chi connectivity index (χ1n) is 6.89. The Bertz CT molecular complexity index is 447. The van der Waals surface area contributed by atoms with E-state index in [2.05, 4.69) is 41.1 Å². The Balaban J connectivity index is 2.34. The first kappa shape index (κ1) is 14.2. The van der Waals surface area contributed by atoms with Gasteiger partial charge in [-0.2, -0.15) is 0 Å². The Morgan fingerprint density at radius 3 is 2.68 bits per heavy atom. The van der Waals surface area contributed by atoms with E-state index in [9.17, 15) is 0 Å². The molecule has 1 aromatic heterocycles. The minimum atomic E-state index is -0.0224. The highest BCUT2D eigenvalue weighted by Gasteiger charge is 2.24. The molecule has 1 aromatic rings. The Kier molecular flexibility index (Phi) is 4.37. The molecule has 0 aromatic carbocycles. The molecule has 1 fully saturated rings. The van der Waals surface area contributed by atoms with E-state index in [1.165, 1.54) is 5.56 Å². The molecule has 5 nitrogen and oxygen atoms in total. The summed E-state index contributed by atoms with van der Waals surface area (Å²) in [4.78, 5) is 11.6. The van der Waals surface area contributed by atoms with Crippen molar-refractivity contribution in [1.29, 1.82) is 0 Å². The van der Waals surface area contributed by atoms with E-state index >= 15 is 0 Å². The lowest BCUT2D eigenvalue weighted by Gasteiger charge is -2.29. The van der Waals surface area contributed by atoms with Gasteiger partial charge in [0, 0.05) is 31.4 Å². The van der Waals surface area contributed by atoms with Crippen LogP contribution < -0.4 is 5.32 Å². The topological polar surface area (TPSA) is 50.3 Å². The number of rotatable bonds is 3. The number of ether oxygens (including phenoxy) is 1. The second-order valence-corrected chi connectivity index (χ2v) is 5.46. The number of likely N-dealkylation sites (N-methyl/N-ethyl adjacent to an activating group) is 1. The largest absolute Gasteiger partial charge is 0.373 e. The molecule has 1 aliphatic heterocycles. The van der Waals surface area contributed by atoms with E-state index in [1.807, 2.05) is 14.0 Å². The molecule has 5 heteroatoms. The van der Waals surface area contributed by atoms with Gasteiger partial charge < -0.3 is 15.0 Å². The predicted octanol–water partition coefficient (Wildman–Crippen LogP) is 1.95. The summed E-state index contributed by atoms with van der Waals surface area (Å²) >= 11 is 0. The first-order valence-corrected chi connectivity index (χ1v) is 6.89. The fourth-order valence-corrected chi connectivity index (χ4v) is 2.56. The molecular formula is C14H24N4O. The van der Waals surface area contributed by atoms with Crippen LogP contribution in [0.5, 0.6) is 0 Å². The summed E-state index contributed by atoms with van der Waals surface area (Å²) in [5.41, 5.74) is 2.23. The molecular weight excluding hydrogens is 240 g/mol. The number of morpholine rings is 1. The van der Waals surface area contributed by atoms with E-state index in [1.54, 1.807) is 0 Å². The zero-order valence-electron chi connectivity index (χ0n) is 12.5. The average molecular weight is 264 g/mol. The summed E-state index contributed by atoms with van der Waals surface area (Å²) in [6.07, 6.45) is -0.0224. The Hall–Kier alpha value is -1.20. The molecule has 1 aliphatic rings. The van der Waals surface area contributed by atoms with Gasteiger partial charge in [-0.15, -0.1) is 0 Å². The molecule has 0 bridgehead atoms. The third-order valence-electron chi connectivity index (χ3n) is 3.53. The molecule has 1 N–H and O–H groups in total. The summed E-state index contributed by atoms with van der Waals surface area (Å²) in [7, 11) is 4.01. The van der Waals surface area contributed by atoms with E-state index in [0.29, 0.717) is 5.92 Å². The fraction of sp³-hybridized carbons (Fsp3) is 0.714. The summed E-state index contributed by atoms with van der Waals surface area (Å²) in [6, 6.07) is 0. The van der Waals surface area contributed by atoms with E-state index < -0.39 is 0 Å². The normalized spacial score (nSPS) is 20.8. The van der Waals surface area contributed by atoms with Gasteiger partial charge in [0.2, 0.25) is 0 Å². The van der Waals surface area contributed by atoms with Crippen LogP contribution in [-0.2, 0) is 4.74 Å². The molecule has 0 amide bonds. The van der Waals surface area contributed by atoms with E-state index in [0.717, 1.165) is 37.0 Å². The van der Waals surface area contributed by atoms with Crippen molar-refractivity contribution in [3.05, 3.63) is 17.1 Å². The SMILES string of the molecule is CNc1nc(C2CN(C)CCO2)nc(C)c1C(C)C. The number of nitrogens with one attached hydrogen (secondary N) is 1. The Morgan fingerprint density at radius 1 is 1.37 bits per heavy atom. The van der Waals surface area contributed by atoms with Gasteiger partial charge >= 0.3 is 0 Å². The zero-order chi connectivity index (χ0) is 14.0. The van der Waals surface area contributed by atoms with Crippen molar-refractivity contribution in [2.45, 2.75) is 32.8 Å². The van der Waals surface area contributed by atoms with Gasteiger partial charge in [0.15, 0.2) is 5.82 Å². The summed E-state index contributed by atoms with van der Waals surface area (Å²) in [5.74, 6) is 2.12. The maximum absolute atomic E-state index is 5.79. The molecule has 106 valence electrons. The third kappa shape index (κ3) is 3.04. The molecule has 19 heavy (non-hydrogen) atoms. The quantitative estimate of drug-likeness (QED) is 0.904. The van der Waals surface area contributed by atoms with E-state index in [4.69, 9.17) is 4.74 Å². The molecule has 2 rings (SSSR count). The maximum atomic E-state index is 5.79. The minimum absolute atomic E-state index is 0.0224. The maximum Gasteiger partial charge on any atom is 0.161 e. The molecule has 0 spiro atoms. The van der Waals surface area contributed by atoms with Gasteiger partial charge in [0.05, 0.1) is 6.61 Å². The number of nitrogens with zero attached hydrogens (tertiary/aromatic N) is 3. The minimum Gasteiger partial charge on any atom is -0.373 e. The smallest absolute Gasteiger partial charge is 0.161 e. The van der Waals surface area contributed by atoms with Crippen molar-refractivity contribution < 1.29 is 4.74 Å². The van der Waals surface area contributed by atoms with Crippen molar-refractivity contribution in [3.63, 3.8) is 0 Å². The number of hydrogen-bond donors (Lipinski definition) is 1. The number of aryl methyl sites for hydroxylation is 1.